The first-order chi connectivity index (χ1) is 15.6. The van der Waals surface area contributed by atoms with Crippen molar-refractivity contribution in [2.24, 2.45) is 0 Å². The van der Waals surface area contributed by atoms with E-state index in [-0.39, 0.29) is 24.5 Å². The zero-order valence-electron chi connectivity index (χ0n) is 17.0. The second-order valence-electron chi connectivity index (χ2n) is 7.07. The standard InChI is InChI=1S/C24H19ClN4O3/c25-19-9-7-16(8-10-19)21(30)11-12-22(31)27-20-6-2-1-4-17(20)14-23-28-24(29-32-23)18-5-3-13-26-15-18/h1-10,13,15H,11-12,14H2,(H,27,31). The molecule has 0 fully saturated rings. The van der Waals surface area contributed by atoms with Gasteiger partial charge in [0.05, 0.1) is 6.42 Å². The minimum absolute atomic E-state index is 0.0709. The molecule has 0 atom stereocenters. The third kappa shape index (κ3) is 5.44. The first kappa shape index (κ1) is 21.4. The summed E-state index contributed by atoms with van der Waals surface area (Å²) in [5.74, 6) is 0.513. The molecule has 160 valence electrons. The number of nitrogens with one attached hydrogen (secondary N) is 1. The molecule has 2 heterocycles. The highest BCUT2D eigenvalue weighted by Crippen LogP contribution is 2.21. The molecule has 0 radical (unpaired) electrons. The summed E-state index contributed by atoms with van der Waals surface area (Å²) in [6.07, 6.45) is 3.86. The summed E-state index contributed by atoms with van der Waals surface area (Å²) >= 11 is 5.85. The van der Waals surface area contributed by atoms with Crippen LogP contribution >= 0.6 is 11.6 Å². The van der Waals surface area contributed by atoms with E-state index in [1.807, 2.05) is 24.3 Å². The lowest BCUT2D eigenvalue weighted by Gasteiger charge is -2.09. The lowest BCUT2D eigenvalue weighted by Crippen LogP contribution is -2.14. The fourth-order valence-corrected chi connectivity index (χ4v) is 3.24. The van der Waals surface area contributed by atoms with E-state index in [0.717, 1.165) is 11.1 Å². The highest BCUT2D eigenvalue weighted by molar-refractivity contribution is 6.30. The second kappa shape index (κ2) is 9.98. The van der Waals surface area contributed by atoms with Crippen LogP contribution in [0, 0.1) is 0 Å². The average Bonchev–Trinajstić information content (AvgIpc) is 3.28. The minimum atomic E-state index is -0.249. The van der Waals surface area contributed by atoms with Crippen LogP contribution < -0.4 is 5.32 Å². The van der Waals surface area contributed by atoms with E-state index in [1.165, 1.54) is 0 Å². The number of ketones is 1. The van der Waals surface area contributed by atoms with Crippen LogP contribution in [-0.2, 0) is 11.2 Å². The molecule has 0 aliphatic heterocycles. The first-order valence-electron chi connectivity index (χ1n) is 9.98. The predicted molar refractivity (Wildman–Crippen MR) is 120 cm³/mol. The number of aromatic nitrogens is 3. The van der Waals surface area contributed by atoms with E-state index in [0.29, 0.717) is 34.4 Å². The number of carbonyl (C=O) groups excluding carboxylic acids is 2. The molecular weight excluding hydrogens is 428 g/mol. The summed E-state index contributed by atoms with van der Waals surface area (Å²) in [5.41, 5.74) is 2.75. The zero-order chi connectivity index (χ0) is 22.3. The van der Waals surface area contributed by atoms with Crippen molar-refractivity contribution in [1.29, 1.82) is 0 Å². The number of para-hydroxylation sites is 1. The molecule has 8 heteroatoms. The fourth-order valence-electron chi connectivity index (χ4n) is 3.12. The van der Waals surface area contributed by atoms with Gasteiger partial charge in [-0.15, -0.1) is 0 Å². The summed E-state index contributed by atoms with van der Waals surface area (Å²) in [7, 11) is 0. The molecule has 1 N–H and O–H groups in total. The van der Waals surface area contributed by atoms with Crippen molar-refractivity contribution in [2.75, 3.05) is 5.32 Å². The molecule has 0 bridgehead atoms. The third-order valence-corrected chi connectivity index (χ3v) is 5.02. The maximum absolute atomic E-state index is 12.5. The van der Waals surface area contributed by atoms with Crippen molar-refractivity contribution in [3.63, 3.8) is 0 Å². The number of Topliss-reactive ketones (excluding diaryl/α,β-unsaturated/α-hetero) is 1. The smallest absolute Gasteiger partial charge is 0.231 e. The average molecular weight is 447 g/mol. The van der Waals surface area contributed by atoms with Crippen molar-refractivity contribution < 1.29 is 14.1 Å². The number of hydrogen-bond donors (Lipinski definition) is 1. The number of pyridine rings is 1. The van der Waals surface area contributed by atoms with E-state index < -0.39 is 0 Å². The minimum Gasteiger partial charge on any atom is -0.339 e. The Balaban J connectivity index is 1.38. The van der Waals surface area contributed by atoms with Crippen LogP contribution in [0.1, 0.15) is 34.7 Å². The van der Waals surface area contributed by atoms with Crippen molar-refractivity contribution >= 4 is 29.0 Å². The molecule has 7 nitrogen and oxygen atoms in total. The predicted octanol–water partition coefficient (Wildman–Crippen LogP) is 4.98. The number of rotatable bonds is 8. The Morgan fingerprint density at radius 3 is 2.56 bits per heavy atom. The summed E-state index contributed by atoms with van der Waals surface area (Å²) in [5, 5.41) is 7.43. The third-order valence-electron chi connectivity index (χ3n) is 4.77. The van der Waals surface area contributed by atoms with E-state index in [1.54, 1.807) is 48.8 Å². The molecule has 4 aromatic rings. The van der Waals surface area contributed by atoms with Gasteiger partial charge in [0.1, 0.15) is 0 Å². The fraction of sp³-hybridized carbons (Fsp3) is 0.125. The molecule has 2 aromatic heterocycles. The number of hydrogen-bond acceptors (Lipinski definition) is 6. The Labute approximate surface area is 189 Å². The molecule has 32 heavy (non-hydrogen) atoms. The maximum atomic E-state index is 12.5. The van der Waals surface area contributed by atoms with E-state index >= 15 is 0 Å². The van der Waals surface area contributed by atoms with Gasteiger partial charge >= 0.3 is 0 Å². The lowest BCUT2D eigenvalue weighted by atomic mass is 10.1. The number of benzene rings is 2. The van der Waals surface area contributed by atoms with Gasteiger partial charge in [0.2, 0.25) is 17.6 Å². The zero-order valence-corrected chi connectivity index (χ0v) is 17.7. The van der Waals surface area contributed by atoms with Gasteiger partial charge in [-0.1, -0.05) is 35.0 Å². The second-order valence-corrected chi connectivity index (χ2v) is 7.50. The van der Waals surface area contributed by atoms with Crippen molar-refractivity contribution in [1.82, 2.24) is 15.1 Å². The van der Waals surface area contributed by atoms with E-state index in [4.69, 9.17) is 16.1 Å². The SMILES string of the molecule is O=C(CCC(=O)c1ccc(Cl)cc1)Nc1ccccc1Cc1nc(-c2cccnc2)no1. The largest absolute Gasteiger partial charge is 0.339 e. The topological polar surface area (TPSA) is 98.0 Å². The Morgan fingerprint density at radius 1 is 0.969 bits per heavy atom. The number of anilines is 1. The summed E-state index contributed by atoms with van der Waals surface area (Å²) in [4.78, 5) is 33.2. The van der Waals surface area contributed by atoms with Gasteiger partial charge in [-0.25, -0.2) is 0 Å². The van der Waals surface area contributed by atoms with E-state index in [2.05, 4.69) is 20.4 Å². The van der Waals surface area contributed by atoms with Gasteiger partial charge in [-0.3, -0.25) is 14.6 Å². The Bertz CT molecular complexity index is 1220. The normalized spacial score (nSPS) is 10.7. The molecule has 1 amide bonds. The maximum Gasteiger partial charge on any atom is 0.231 e. The molecule has 0 aliphatic carbocycles. The van der Waals surface area contributed by atoms with Gasteiger partial charge in [0, 0.05) is 47.1 Å². The first-order valence-corrected chi connectivity index (χ1v) is 10.4. The van der Waals surface area contributed by atoms with E-state index in [9.17, 15) is 9.59 Å². The van der Waals surface area contributed by atoms with Gasteiger partial charge in [-0.2, -0.15) is 4.98 Å². The Kier molecular flexibility index (Phi) is 6.67. The van der Waals surface area contributed by atoms with Crippen LogP contribution in [0.3, 0.4) is 0 Å². The molecule has 0 saturated carbocycles. The highest BCUT2D eigenvalue weighted by Gasteiger charge is 2.14. The molecule has 0 aliphatic rings. The summed E-state index contributed by atoms with van der Waals surface area (Å²) in [6.45, 7) is 0. The highest BCUT2D eigenvalue weighted by atomic mass is 35.5. The molecule has 4 rings (SSSR count). The monoisotopic (exact) mass is 446 g/mol. The van der Waals surface area contributed by atoms with Gasteiger partial charge in [-0.05, 0) is 48.0 Å². The van der Waals surface area contributed by atoms with Crippen LogP contribution in [0.15, 0.2) is 77.6 Å². The van der Waals surface area contributed by atoms with Crippen LogP contribution in [-0.4, -0.2) is 26.8 Å². The number of halogens is 1. The van der Waals surface area contributed by atoms with Crippen molar-refractivity contribution in [2.45, 2.75) is 19.3 Å². The van der Waals surface area contributed by atoms with Crippen LogP contribution in [0.4, 0.5) is 5.69 Å². The summed E-state index contributed by atoms with van der Waals surface area (Å²) in [6, 6.07) is 17.6. The van der Waals surface area contributed by atoms with Crippen molar-refractivity contribution in [3.05, 3.63) is 95.1 Å². The molecule has 0 saturated heterocycles. The Morgan fingerprint density at radius 2 is 1.78 bits per heavy atom. The van der Waals surface area contributed by atoms with Gasteiger partial charge in [0.15, 0.2) is 5.78 Å². The Hall–Kier alpha value is -3.84. The lowest BCUT2D eigenvalue weighted by molar-refractivity contribution is -0.116. The molecule has 0 spiro atoms. The van der Waals surface area contributed by atoms with Crippen LogP contribution in [0.2, 0.25) is 5.02 Å². The quantitative estimate of drug-likeness (QED) is 0.383. The van der Waals surface area contributed by atoms with Gasteiger partial charge < -0.3 is 9.84 Å². The number of nitrogens with zero attached hydrogens (tertiary/aromatic N) is 3. The molecule has 0 unspecified atom stereocenters. The van der Waals surface area contributed by atoms with Gasteiger partial charge in [0.25, 0.3) is 0 Å². The summed E-state index contributed by atoms with van der Waals surface area (Å²) < 4.78 is 5.36. The van der Waals surface area contributed by atoms with Crippen molar-refractivity contribution in [3.8, 4) is 11.4 Å². The molecule has 2 aromatic carbocycles. The number of carbonyl (C=O) groups is 2. The number of amides is 1. The van der Waals surface area contributed by atoms with Crippen LogP contribution in [0.5, 0.6) is 0 Å². The van der Waals surface area contributed by atoms with Crippen LogP contribution in [0.25, 0.3) is 11.4 Å². The molecular formula is C24H19ClN4O3.